The third kappa shape index (κ3) is 14.9. The summed E-state index contributed by atoms with van der Waals surface area (Å²) in [6.45, 7) is 11.1. The van der Waals surface area contributed by atoms with Gasteiger partial charge in [-0.2, -0.15) is 0 Å². The summed E-state index contributed by atoms with van der Waals surface area (Å²) in [6.07, 6.45) is -44.7. The van der Waals surface area contributed by atoms with Crippen molar-refractivity contribution < 1.29 is 178 Å². The Morgan fingerprint density at radius 2 is 1.16 bits per heavy atom. The van der Waals surface area contributed by atoms with Gasteiger partial charge in [-0.25, -0.2) is 0 Å². The number of allylic oxidation sites excluding steroid dienone is 1. The van der Waals surface area contributed by atoms with E-state index >= 15 is 4.79 Å². The number of ether oxygens (including phenoxy) is 14. The number of rotatable bonds is 21. The van der Waals surface area contributed by atoms with Crippen LogP contribution in [0.4, 0.5) is 0 Å². The molecule has 630 valence electrons. The molecule has 6 aliphatic carbocycles. The van der Waals surface area contributed by atoms with Gasteiger partial charge in [-0.05, 0) is 104 Å². The molecule has 5 saturated carbocycles. The maximum atomic E-state index is 15.8. The molecule has 37 nitrogen and oxygen atoms in total. The highest BCUT2D eigenvalue weighted by molar-refractivity contribution is 5.80. The minimum Gasteiger partial charge on any atom is -0.463 e. The molecule has 6 aliphatic heterocycles. The van der Waals surface area contributed by atoms with Crippen LogP contribution in [-0.4, -0.2) is 363 Å². The normalized spacial score (nSPS) is 52.0. The first-order chi connectivity index (χ1) is 51.5. The number of carbonyl (C=O) groups excluding carboxylic acids is 3. The van der Waals surface area contributed by atoms with Crippen molar-refractivity contribution in [1.29, 1.82) is 0 Å². The highest BCUT2D eigenvalue weighted by Gasteiger charge is 2.75. The topological polar surface area (TPSA) is 577 Å². The zero-order valence-corrected chi connectivity index (χ0v) is 63.3. The lowest BCUT2D eigenvalue weighted by atomic mass is 9.32. The molecule has 6 heterocycles. The number of hydrogen-bond acceptors (Lipinski definition) is 36. The van der Waals surface area contributed by atoms with Crippen LogP contribution in [0.3, 0.4) is 0 Å². The van der Waals surface area contributed by atoms with Crippen molar-refractivity contribution in [2.45, 2.75) is 322 Å². The Labute approximate surface area is 635 Å². The highest BCUT2D eigenvalue weighted by atomic mass is 16.8. The molecular formula is C73H117NO36. The molecule has 0 aromatic heterocycles. The SMILES string of the molecule is CC(=O)NC1C(O[C@H]2CC[C@@]3(C)C(CC[C@]4(C)C3CC=C3C5CC(C)(C)CC[C@]5(C(=O)OC5OC(CO)C(O)C(O)C5OC5CCC(CO)(OC6OCC(O)(CO)C6O)C5O)[C@H](O)[C@H](O)[C@]34C)C2(C)C)OC(COC2OC(COC(C)=O)C(O)C(OC3OCC(O)C(O)C3O)C2O)C(O)C1OC1OCC(O)C(O)C1O. The first-order valence-corrected chi connectivity index (χ1v) is 38.4. The van der Waals surface area contributed by atoms with Crippen LogP contribution in [-0.2, 0) is 80.7 Å². The van der Waals surface area contributed by atoms with Crippen molar-refractivity contribution in [3.8, 4) is 0 Å². The van der Waals surface area contributed by atoms with Crippen LogP contribution in [0.1, 0.15) is 127 Å². The van der Waals surface area contributed by atoms with Crippen LogP contribution >= 0.6 is 0 Å². The smallest absolute Gasteiger partial charge is 0.317 e. The first-order valence-electron chi connectivity index (χ1n) is 38.4. The molecule has 12 aliphatic rings. The number of aliphatic hydroxyl groups is 19. The summed E-state index contributed by atoms with van der Waals surface area (Å²) < 4.78 is 84.3. The van der Waals surface area contributed by atoms with E-state index in [-0.39, 0.29) is 31.1 Å². The van der Waals surface area contributed by atoms with Crippen molar-refractivity contribution in [3.05, 3.63) is 11.6 Å². The second-order valence-electron chi connectivity index (χ2n) is 35.1. The molecule has 37 heteroatoms. The molecule has 20 N–H and O–H groups in total. The summed E-state index contributed by atoms with van der Waals surface area (Å²) in [5.41, 5.74) is -9.08. The van der Waals surface area contributed by atoms with Crippen LogP contribution in [0.25, 0.3) is 0 Å². The van der Waals surface area contributed by atoms with Crippen molar-refractivity contribution >= 4 is 17.8 Å². The van der Waals surface area contributed by atoms with Gasteiger partial charge in [0.2, 0.25) is 12.2 Å². The number of nitrogens with one attached hydrogen (secondary N) is 1. The van der Waals surface area contributed by atoms with E-state index in [1.807, 2.05) is 34.6 Å². The van der Waals surface area contributed by atoms with Crippen LogP contribution in [0, 0.1) is 50.2 Å². The largest absolute Gasteiger partial charge is 0.463 e. The molecule has 0 aromatic carbocycles. The monoisotopic (exact) mass is 1580 g/mol. The molecule has 1 amide bonds. The summed E-state index contributed by atoms with van der Waals surface area (Å²) in [5, 5.41) is 216. The molecule has 0 radical (unpaired) electrons. The molecule has 12 rings (SSSR count). The molecule has 32 unspecified atom stereocenters. The maximum absolute atomic E-state index is 15.8. The van der Waals surface area contributed by atoms with Gasteiger partial charge in [-0.15, -0.1) is 0 Å². The maximum Gasteiger partial charge on any atom is 0.317 e. The predicted molar refractivity (Wildman–Crippen MR) is 364 cm³/mol. The van der Waals surface area contributed by atoms with Gasteiger partial charge in [0, 0.05) is 19.3 Å². The molecular weight excluding hydrogens is 1470 g/mol. The van der Waals surface area contributed by atoms with E-state index < -0.39 is 304 Å². The molecule has 11 fully saturated rings. The van der Waals surface area contributed by atoms with E-state index in [1.54, 1.807) is 0 Å². The Kier molecular flexibility index (Phi) is 25.3. The average molecular weight is 1580 g/mol. The van der Waals surface area contributed by atoms with E-state index in [9.17, 15) is 107 Å². The Bertz CT molecular complexity index is 3250. The van der Waals surface area contributed by atoms with Crippen LogP contribution in [0.5, 0.6) is 0 Å². The van der Waals surface area contributed by atoms with Crippen molar-refractivity contribution in [2.24, 2.45) is 50.2 Å². The van der Waals surface area contributed by atoms with E-state index in [1.165, 1.54) is 6.92 Å². The minimum atomic E-state index is -2.12. The first kappa shape index (κ1) is 86.3. The number of aliphatic hydroxyl groups excluding tert-OH is 18. The van der Waals surface area contributed by atoms with Crippen LogP contribution in [0.2, 0.25) is 0 Å². The second kappa shape index (κ2) is 32.3. The number of carbonyl (C=O) groups is 3. The Morgan fingerprint density at radius 3 is 1.77 bits per heavy atom. The fraction of sp³-hybridized carbons (Fsp3) is 0.932. The van der Waals surface area contributed by atoms with Gasteiger partial charge in [0.25, 0.3) is 0 Å². The third-order valence-electron chi connectivity index (χ3n) is 27.8. The zero-order valence-electron chi connectivity index (χ0n) is 63.3. The van der Waals surface area contributed by atoms with Crippen LogP contribution < -0.4 is 5.32 Å². The molecule has 6 saturated heterocycles. The van der Waals surface area contributed by atoms with Crippen LogP contribution in [0.15, 0.2) is 11.6 Å². The number of hydrogen-bond donors (Lipinski definition) is 20. The van der Waals surface area contributed by atoms with Gasteiger partial charge in [-0.3, -0.25) is 14.4 Å². The molecule has 0 bridgehead atoms. The average Bonchev–Trinajstić information content (AvgIpc) is 0.780. The third-order valence-corrected chi connectivity index (χ3v) is 27.8. The summed E-state index contributed by atoms with van der Waals surface area (Å²) in [7, 11) is 0. The van der Waals surface area contributed by atoms with E-state index in [4.69, 9.17) is 66.3 Å². The molecule has 110 heavy (non-hydrogen) atoms. The summed E-state index contributed by atoms with van der Waals surface area (Å²) in [4.78, 5) is 41.2. The fourth-order valence-corrected chi connectivity index (χ4v) is 21.0. The van der Waals surface area contributed by atoms with Crippen molar-refractivity contribution in [1.82, 2.24) is 5.32 Å². The Hall–Kier alpha value is -3.09. The van der Waals surface area contributed by atoms with E-state index in [2.05, 4.69) is 25.2 Å². The lowest BCUT2D eigenvalue weighted by Crippen LogP contribution is -2.73. The highest BCUT2D eigenvalue weighted by Crippen LogP contribution is 2.76. The summed E-state index contributed by atoms with van der Waals surface area (Å²) in [6, 6.07) is -1.45. The van der Waals surface area contributed by atoms with Gasteiger partial charge >= 0.3 is 11.9 Å². The van der Waals surface area contributed by atoms with E-state index in [0.717, 1.165) is 12.5 Å². The minimum absolute atomic E-state index is 0.00565. The van der Waals surface area contributed by atoms with Gasteiger partial charge in [0.1, 0.15) is 145 Å². The van der Waals surface area contributed by atoms with Gasteiger partial charge < -0.3 is 169 Å². The predicted octanol–water partition coefficient (Wildman–Crippen LogP) is -6.54. The molecule has 39 atom stereocenters. The van der Waals surface area contributed by atoms with Crippen molar-refractivity contribution in [3.63, 3.8) is 0 Å². The quantitative estimate of drug-likeness (QED) is 0.0289. The number of amides is 1. The number of fused-ring (bicyclic) bond motifs is 7. The second-order valence-corrected chi connectivity index (χ2v) is 35.1. The van der Waals surface area contributed by atoms with Crippen molar-refractivity contribution in [2.75, 3.05) is 52.9 Å². The van der Waals surface area contributed by atoms with Gasteiger partial charge in [0.15, 0.2) is 31.5 Å². The Balaban J connectivity index is 0.803. The number of esters is 2. The summed E-state index contributed by atoms with van der Waals surface area (Å²) >= 11 is 0. The Morgan fingerprint density at radius 1 is 0.545 bits per heavy atom. The standard InChI is InChI=1S/C73H117NO36/c1-29(78)74-42-52(107-60-49(88)43(82)33(80)22-98-60)46(85)38(25-100-62-51(90)53(47(86)37(105-62)24-97-30(2)79)108-61-50(89)44(83)34(81)23-99-61)104-59(42)106-41-14-15-68(7)39(67(41,5)6)13-16-69(8)40(68)11-10-31-32-20-66(3,4)18-19-73(32,57(93)56(92)70(31,69)9)65(95)109-63-54(48(87)45(84)36(21-75)103-63)102-35-12-17-72(27-77,55(35)91)110-64-58(94)71(96,26-76)28-101-64/h10,32-64,75-77,80-94,96H,11-28H2,1-9H3,(H,74,78)/t32?,33?,34?,35?,36?,37?,38?,39?,40?,41-,42?,43?,44?,45?,46?,47?,48?,49?,50?,51?,52?,53?,54?,55?,56-,57+,58?,59?,60?,61?,62?,63?,64?,68-,69+,70-,71?,72?,73+/m0/s1. The lowest BCUT2D eigenvalue weighted by molar-refractivity contribution is -0.363. The lowest BCUT2D eigenvalue weighted by Gasteiger charge is -2.72. The zero-order chi connectivity index (χ0) is 80.4. The molecule has 0 aromatic rings. The van der Waals surface area contributed by atoms with Gasteiger partial charge in [-0.1, -0.05) is 60.1 Å². The fourth-order valence-electron chi connectivity index (χ4n) is 21.0. The van der Waals surface area contributed by atoms with Gasteiger partial charge in [0.05, 0.1) is 70.7 Å². The van der Waals surface area contributed by atoms with E-state index in [0.29, 0.717) is 44.9 Å². The summed E-state index contributed by atoms with van der Waals surface area (Å²) in [5.74, 6) is -3.69. The molecule has 0 spiro atoms.